The lowest BCUT2D eigenvalue weighted by molar-refractivity contribution is 0.201. The molecule has 7 nitrogen and oxygen atoms in total. The fourth-order valence-electron chi connectivity index (χ4n) is 2.58. The molecule has 0 aliphatic heterocycles. The molecule has 0 heterocycles. The molecule has 28 heavy (non-hydrogen) atoms. The second-order valence-corrected chi connectivity index (χ2v) is 8.44. The van der Waals surface area contributed by atoms with Crippen molar-refractivity contribution in [1.29, 1.82) is 0 Å². The van der Waals surface area contributed by atoms with Crippen molar-refractivity contribution in [3.05, 3.63) is 54.1 Å². The van der Waals surface area contributed by atoms with Crippen LogP contribution in [0.5, 0.6) is 11.5 Å². The Kier molecular flexibility index (Phi) is 7.28. The van der Waals surface area contributed by atoms with Gasteiger partial charge in [-0.2, -0.15) is 8.42 Å². The summed E-state index contributed by atoms with van der Waals surface area (Å²) in [4.78, 5) is 14.5. The zero-order valence-electron chi connectivity index (χ0n) is 16.5. The zero-order valence-corrected chi connectivity index (χ0v) is 17.3. The van der Waals surface area contributed by atoms with E-state index >= 15 is 0 Å². The maximum Gasteiger partial charge on any atom is 0.322 e. The lowest BCUT2D eigenvalue weighted by Crippen LogP contribution is -2.37. The Morgan fingerprint density at radius 2 is 1.61 bits per heavy atom. The average Bonchev–Trinajstić information content (AvgIpc) is 2.62. The number of carbonyl (C=O) groups excluding carboxylic acids is 1. The summed E-state index contributed by atoms with van der Waals surface area (Å²) in [7, 11) is -1.98. The van der Waals surface area contributed by atoms with Crippen LogP contribution in [0.3, 0.4) is 0 Å². The van der Waals surface area contributed by atoms with Crippen LogP contribution in [0.1, 0.15) is 19.4 Å². The van der Waals surface area contributed by atoms with Crippen LogP contribution in [-0.4, -0.2) is 39.3 Å². The van der Waals surface area contributed by atoms with Crippen LogP contribution in [0.4, 0.5) is 10.5 Å². The fourth-order valence-corrected chi connectivity index (χ4v) is 3.04. The fraction of sp³-hybridized carbons (Fsp3) is 0.350. The molecule has 0 aliphatic rings. The van der Waals surface area contributed by atoms with Crippen LogP contribution in [0.25, 0.3) is 0 Å². The van der Waals surface area contributed by atoms with E-state index in [9.17, 15) is 13.2 Å². The SMILES string of the molecule is COc1ccc(NC(=O)N(Cc2ccc(OS(C)(=O)=O)cc2)CC(C)C)cc1. The molecule has 0 aliphatic carbocycles. The molecule has 0 fully saturated rings. The first kappa shape index (κ1) is 21.6. The second-order valence-electron chi connectivity index (χ2n) is 6.86. The summed E-state index contributed by atoms with van der Waals surface area (Å²) in [6.07, 6.45) is 0.995. The van der Waals surface area contributed by atoms with Crippen LogP contribution >= 0.6 is 0 Å². The summed E-state index contributed by atoms with van der Waals surface area (Å²) in [6.45, 7) is 5.04. The molecule has 0 aromatic heterocycles. The highest BCUT2D eigenvalue weighted by molar-refractivity contribution is 7.86. The van der Waals surface area contributed by atoms with Gasteiger partial charge in [-0.3, -0.25) is 0 Å². The first-order valence-electron chi connectivity index (χ1n) is 8.84. The summed E-state index contributed by atoms with van der Waals surface area (Å²) in [6, 6.07) is 13.5. The number of carbonyl (C=O) groups is 1. The minimum absolute atomic E-state index is 0.213. The largest absolute Gasteiger partial charge is 0.497 e. The quantitative estimate of drug-likeness (QED) is 0.675. The van der Waals surface area contributed by atoms with Gasteiger partial charge < -0.3 is 19.1 Å². The lowest BCUT2D eigenvalue weighted by atomic mass is 10.1. The van der Waals surface area contributed by atoms with E-state index in [2.05, 4.69) is 5.32 Å². The third-order valence-electron chi connectivity index (χ3n) is 3.76. The molecule has 0 bridgehead atoms. The first-order valence-corrected chi connectivity index (χ1v) is 10.7. The molecule has 2 aromatic rings. The smallest absolute Gasteiger partial charge is 0.322 e. The van der Waals surface area contributed by atoms with E-state index in [4.69, 9.17) is 8.92 Å². The summed E-state index contributed by atoms with van der Waals surface area (Å²) in [5.74, 6) is 1.24. The number of nitrogens with one attached hydrogen (secondary N) is 1. The van der Waals surface area contributed by atoms with Crippen molar-refractivity contribution < 1.29 is 22.1 Å². The van der Waals surface area contributed by atoms with Crippen molar-refractivity contribution in [2.24, 2.45) is 5.92 Å². The molecule has 0 spiro atoms. The van der Waals surface area contributed by atoms with Gasteiger partial charge in [0.2, 0.25) is 0 Å². The van der Waals surface area contributed by atoms with Gasteiger partial charge in [0.1, 0.15) is 11.5 Å². The van der Waals surface area contributed by atoms with Crippen molar-refractivity contribution in [1.82, 2.24) is 4.90 Å². The first-order chi connectivity index (χ1) is 13.2. The third kappa shape index (κ3) is 7.11. The van der Waals surface area contributed by atoms with E-state index in [1.165, 1.54) is 0 Å². The topological polar surface area (TPSA) is 84.9 Å². The summed E-state index contributed by atoms with van der Waals surface area (Å²) in [5.41, 5.74) is 1.54. The van der Waals surface area contributed by atoms with Gasteiger partial charge in [0, 0.05) is 18.8 Å². The molecule has 8 heteroatoms. The van der Waals surface area contributed by atoms with Crippen molar-refractivity contribution in [3.8, 4) is 11.5 Å². The van der Waals surface area contributed by atoms with E-state index < -0.39 is 10.1 Å². The number of hydrogen-bond donors (Lipinski definition) is 1. The van der Waals surface area contributed by atoms with Crippen LogP contribution in [-0.2, 0) is 16.7 Å². The highest BCUT2D eigenvalue weighted by atomic mass is 32.2. The molecule has 0 unspecified atom stereocenters. The standard InChI is InChI=1S/C20H26N2O5S/c1-15(2)13-22(20(23)21-17-7-11-18(26-3)12-8-17)14-16-5-9-19(10-6-16)27-28(4,24)25/h5-12,15H,13-14H2,1-4H3,(H,21,23). The lowest BCUT2D eigenvalue weighted by Gasteiger charge is -2.25. The van der Waals surface area contributed by atoms with E-state index in [1.54, 1.807) is 60.5 Å². The molecule has 2 aromatic carbocycles. The van der Waals surface area contributed by atoms with Crippen molar-refractivity contribution in [2.75, 3.05) is 25.2 Å². The summed E-state index contributed by atoms with van der Waals surface area (Å²) >= 11 is 0. The maximum atomic E-state index is 12.7. The Balaban J connectivity index is 2.08. The zero-order chi connectivity index (χ0) is 20.7. The normalized spacial score (nSPS) is 11.2. The maximum absolute atomic E-state index is 12.7. The Morgan fingerprint density at radius 3 is 2.11 bits per heavy atom. The highest BCUT2D eigenvalue weighted by Crippen LogP contribution is 2.18. The van der Waals surface area contributed by atoms with Crippen LogP contribution in [0, 0.1) is 5.92 Å². The Hall–Kier alpha value is -2.74. The van der Waals surface area contributed by atoms with Gasteiger partial charge in [-0.25, -0.2) is 4.79 Å². The van der Waals surface area contributed by atoms with Crippen LogP contribution in [0.2, 0.25) is 0 Å². The van der Waals surface area contributed by atoms with Crippen molar-refractivity contribution >= 4 is 21.8 Å². The molecule has 2 amide bonds. The van der Waals surface area contributed by atoms with Crippen molar-refractivity contribution in [3.63, 3.8) is 0 Å². The molecular formula is C20H26N2O5S. The third-order valence-corrected chi connectivity index (χ3v) is 4.25. The van der Waals surface area contributed by atoms with Gasteiger partial charge in [-0.1, -0.05) is 26.0 Å². The monoisotopic (exact) mass is 406 g/mol. The molecule has 0 saturated heterocycles. The molecule has 0 saturated carbocycles. The molecule has 0 atom stereocenters. The minimum Gasteiger partial charge on any atom is -0.497 e. The predicted octanol–water partition coefficient (Wildman–Crippen LogP) is 3.72. The summed E-state index contributed by atoms with van der Waals surface area (Å²) < 4.78 is 32.4. The van der Waals surface area contributed by atoms with E-state index in [-0.39, 0.29) is 17.7 Å². The number of hydrogen-bond acceptors (Lipinski definition) is 5. The van der Waals surface area contributed by atoms with Gasteiger partial charge in [0.05, 0.1) is 13.4 Å². The Morgan fingerprint density at radius 1 is 1.04 bits per heavy atom. The summed E-state index contributed by atoms with van der Waals surface area (Å²) in [5, 5.41) is 2.89. The highest BCUT2D eigenvalue weighted by Gasteiger charge is 2.16. The van der Waals surface area contributed by atoms with E-state index in [0.29, 0.717) is 24.5 Å². The van der Waals surface area contributed by atoms with Gasteiger partial charge in [-0.05, 0) is 47.9 Å². The Labute approximate surface area is 166 Å². The molecule has 152 valence electrons. The van der Waals surface area contributed by atoms with Crippen LogP contribution < -0.4 is 14.2 Å². The molecule has 1 N–H and O–H groups in total. The number of benzene rings is 2. The Bertz CT molecular complexity index is 878. The minimum atomic E-state index is -3.57. The van der Waals surface area contributed by atoms with E-state index in [0.717, 1.165) is 11.8 Å². The molecule has 2 rings (SSSR count). The number of anilines is 1. The van der Waals surface area contributed by atoms with Crippen molar-refractivity contribution in [2.45, 2.75) is 20.4 Å². The van der Waals surface area contributed by atoms with Crippen LogP contribution in [0.15, 0.2) is 48.5 Å². The number of urea groups is 1. The average molecular weight is 407 g/mol. The molecular weight excluding hydrogens is 380 g/mol. The number of nitrogens with zero attached hydrogens (tertiary/aromatic N) is 1. The van der Waals surface area contributed by atoms with Gasteiger partial charge in [0.15, 0.2) is 0 Å². The number of ether oxygens (including phenoxy) is 1. The van der Waals surface area contributed by atoms with E-state index in [1.807, 2.05) is 13.8 Å². The molecule has 0 radical (unpaired) electrons. The second kappa shape index (κ2) is 9.45. The predicted molar refractivity (Wildman–Crippen MR) is 109 cm³/mol. The van der Waals surface area contributed by atoms with Gasteiger partial charge in [-0.15, -0.1) is 0 Å². The van der Waals surface area contributed by atoms with Gasteiger partial charge >= 0.3 is 16.1 Å². The number of rotatable bonds is 8. The number of methoxy groups -OCH3 is 1. The van der Waals surface area contributed by atoms with Gasteiger partial charge in [0.25, 0.3) is 0 Å². The number of amides is 2.